The summed E-state index contributed by atoms with van der Waals surface area (Å²) < 4.78 is 0. The Morgan fingerprint density at radius 3 is 3.07 bits per heavy atom. The van der Waals surface area contributed by atoms with Crippen LogP contribution in [0.15, 0.2) is 5.16 Å². The van der Waals surface area contributed by atoms with Crippen molar-refractivity contribution < 1.29 is 9.63 Å². The second kappa shape index (κ2) is 4.55. The molecule has 1 saturated heterocycles. The highest BCUT2D eigenvalue weighted by molar-refractivity contribution is 6.01. The smallest absolute Gasteiger partial charge is 0.318 e. The van der Waals surface area contributed by atoms with E-state index in [0.717, 1.165) is 25.1 Å². The third-order valence-corrected chi connectivity index (χ3v) is 2.82. The minimum absolute atomic E-state index is 0.211. The van der Waals surface area contributed by atoms with E-state index in [9.17, 15) is 4.79 Å². The fourth-order valence-corrected chi connectivity index (χ4v) is 1.99. The maximum absolute atomic E-state index is 10.8. The molecular formula is C10H16N2O2. The van der Waals surface area contributed by atoms with E-state index in [4.69, 9.17) is 0 Å². The van der Waals surface area contributed by atoms with Gasteiger partial charge in [0.05, 0.1) is 12.1 Å². The Labute approximate surface area is 83.7 Å². The number of oxime groups is 1. The number of nitrogens with zero attached hydrogens (tertiary/aromatic N) is 1. The van der Waals surface area contributed by atoms with Gasteiger partial charge in [-0.3, -0.25) is 0 Å². The van der Waals surface area contributed by atoms with Crippen LogP contribution in [0.1, 0.15) is 38.5 Å². The first-order valence-electron chi connectivity index (χ1n) is 5.33. The number of carbonyl (C=O) groups excluding carboxylic acids is 1. The topological polar surface area (TPSA) is 50.7 Å². The molecule has 78 valence electrons. The van der Waals surface area contributed by atoms with Gasteiger partial charge in [0.15, 0.2) is 0 Å². The number of carbonyl (C=O) groups is 1. The van der Waals surface area contributed by atoms with E-state index in [-0.39, 0.29) is 5.97 Å². The molecular weight excluding hydrogens is 180 g/mol. The highest BCUT2D eigenvalue weighted by Crippen LogP contribution is 2.14. The van der Waals surface area contributed by atoms with Crippen LogP contribution in [0.4, 0.5) is 0 Å². The maximum Gasteiger partial charge on any atom is 0.340 e. The molecule has 1 atom stereocenters. The Hall–Kier alpha value is -0.900. The standard InChI is InChI=1S/C10H16N2O2/c13-10-7-9(12-14-10)5-4-8-3-1-2-6-11-8/h8,11H,1-7H2. The Morgan fingerprint density at radius 2 is 2.43 bits per heavy atom. The van der Waals surface area contributed by atoms with E-state index in [1.807, 2.05) is 0 Å². The summed E-state index contributed by atoms with van der Waals surface area (Å²) >= 11 is 0. The molecule has 0 radical (unpaired) electrons. The van der Waals surface area contributed by atoms with Gasteiger partial charge in [-0.1, -0.05) is 11.6 Å². The number of hydrogen-bond acceptors (Lipinski definition) is 4. The molecule has 2 aliphatic rings. The predicted octanol–water partition coefficient (Wildman–Crippen LogP) is 1.21. The van der Waals surface area contributed by atoms with E-state index in [1.54, 1.807) is 0 Å². The van der Waals surface area contributed by atoms with Crippen molar-refractivity contribution in [2.75, 3.05) is 6.54 Å². The molecule has 14 heavy (non-hydrogen) atoms. The average Bonchev–Trinajstić information content (AvgIpc) is 2.63. The van der Waals surface area contributed by atoms with Crippen molar-refractivity contribution in [2.24, 2.45) is 5.16 Å². The van der Waals surface area contributed by atoms with Crippen molar-refractivity contribution in [3.63, 3.8) is 0 Å². The molecule has 1 unspecified atom stereocenters. The number of rotatable bonds is 3. The van der Waals surface area contributed by atoms with Crippen molar-refractivity contribution in [2.45, 2.75) is 44.6 Å². The van der Waals surface area contributed by atoms with E-state index in [1.165, 1.54) is 19.3 Å². The second-order valence-electron chi connectivity index (χ2n) is 3.98. The van der Waals surface area contributed by atoms with Gasteiger partial charge in [-0.2, -0.15) is 0 Å². The lowest BCUT2D eigenvalue weighted by Gasteiger charge is -2.22. The molecule has 0 aliphatic carbocycles. The van der Waals surface area contributed by atoms with Gasteiger partial charge < -0.3 is 10.2 Å². The number of hydrogen-bond donors (Lipinski definition) is 1. The zero-order valence-electron chi connectivity index (χ0n) is 8.29. The van der Waals surface area contributed by atoms with Crippen LogP contribution in [0, 0.1) is 0 Å². The Kier molecular flexibility index (Phi) is 3.14. The third kappa shape index (κ3) is 2.54. The summed E-state index contributed by atoms with van der Waals surface area (Å²) in [6.07, 6.45) is 6.23. The van der Waals surface area contributed by atoms with Gasteiger partial charge in [0.2, 0.25) is 0 Å². The van der Waals surface area contributed by atoms with Gasteiger partial charge in [0, 0.05) is 6.04 Å². The van der Waals surface area contributed by atoms with Gasteiger partial charge in [0.25, 0.3) is 0 Å². The highest BCUT2D eigenvalue weighted by atomic mass is 16.7. The van der Waals surface area contributed by atoms with Gasteiger partial charge in [0.1, 0.15) is 0 Å². The van der Waals surface area contributed by atoms with Crippen LogP contribution in [0.25, 0.3) is 0 Å². The summed E-state index contributed by atoms with van der Waals surface area (Å²) in [5.74, 6) is -0.211. The van der Waals surface area contributed by atoms with Crippen molar-refractivity contribution >= 4 is 11.7 Å². The average molecular weight is 196 g/mol. The first-order chi connectivity index (χ1) is 6.84. The normalized spacial score (nSPS) is 27.3. The largest absolute Gasteiger partial charge is 0.340 e. The summed E-state index contributed by atoms with van der Waals surface area (Å²) in [6.45, 7) is 1.13. The minimum atomic E-state index is -0.211. The van der Waals surface area contributed by atoms with Crippen molar-refractivity contribution in [1.82, 2.24) is 5.32 Å². The Morgan fingerprint density at radius 1 is 1.50 bits per heavy atom. The monoisotopic (exact) mass is 196 g/mol. The first-order valence-corrected chi connectivity index (χ1v) is 5.33. The van der Waals surface area contributed by atoms with Crippen LogP contribution in [0.2, 0.25) is 0 Å². The van der Waals surface area contributed by atoms with Crippen LogP contribution in [-0.2, 0) is 9.63 Å². The molecule has 0 bridgehead atoms. The molecule has 0 saturated carbocycles. The second-order valence-corrected chi connectivity index (χ2v) is 3.98. The maximum atomic E-state index is 10.8. The molecule has 0 amide bonds. The predicted molar refractivity (Wildman–Crippen MR) is 53.0 cm³/mol. The van der Waals surface area contributed by atoms with E-state index in [0.29, 0.717) is 12.5 Å². The molecule has 0 aromatic carbocycles. The molecule has 4 nitrogen and oxygen atoms in total. The highest BCUT2D eigenvalue weighted by Gasteiger charge is 2.19. The zero-order valence-corrected chi connectivity index (χ0v) is 8.29. The first kappa shape index (κ1) is 9.65. The van der Waals surface area contributed by atoms with Crippen LogP contribution < -0.4 is 5.32 Å². The van der Waals surface area contributed by atoms with E-state index in [2.05, 4.69) is 15.3 Å². The molecule has 1 N–H and O–H groups in total. The fraction of sp³-hybridized carbons (Fsp3) is 0.800. The molecule has 4 heteroatoms. The van der Waals surface area contributed by atoms with Crippen LogP contribution in [-0.4, -0.2) is 24.3 Å². The number of nitrogens with one attached hydrogen (secondary N) is 1. The molecule has 0 aromatic rings. The van der Waals surface area contributed by atoms with Gasteiger partial charge in [-0.15, -0.1) is 0 Å². The number of piperidine rings is 1. The fourth-order valence-electron chi connectivity index (χ4n) is 1.99. The zero-order chi connectivity index (χ0) is 9.80. The van der Waals surface area contributed by atoms with Crippen molar-refractivity contribution in [3.8, 4) is 0 Å². The Balaban J connectivity index is 1.69. The van der Waals surface area contributed by atoms with Crippen molar-refractivity contribution in [1.29, 1.82) is 0 Å². The van der Waals surface area contributed by atoms with Gasteiger partial charge in [-0.05, 0) is 32.2 Å². The summed E-state index contributed by atoms with van der Waals surface area (Å²) in [6, 6.07) is 0.613. The summed E-state index contributed by atoms with van der Waals surface area (Å²) in [7, 11) is 0. The summed E-state index contributed by atoms with van der Waals surface area (Å²) in [4.78, 5) is 15.3. The lowest BCUT2D eigenvalue weighted by Crippen LogP contribution is -2.34. The van der Waals surface area contributed by atoms with Crippen molar-refractivity contribution in [3.05, 3.63) is 0 Å². The van der Waals surface area contributed by atoms with Crippen LogP contribution >= 0.6 is 0 Å². The molecule has 2 rings (SSSR count). The third-order valence-electron chi connectivity index (χ3n) is 2.82. The SMILES string of the molecule is O=C1CC(CCC2CCCCN2)=NO1. The van der Waals surface area contributed by atoms with Gasteiger partial charge in [-0.25, -0.2) is 4.79 Å². The quantitative estimate of drug-likeness (QED) is 0.690. The lowest BCUT2D eigenvalue weighted by molar-refractivity contribution is -0.140. The summed E-state index contributed by atoms with van der Waals surface area (Å²) in [5, 5.41) is 7.21. The Bertz CT molecular complexity index is 245. The summed E-state index contributed by atoms with van der Waals surface area (Å²) in [5.41, 5.74) is 0.905. The molecule has 2 aliphatic heterocycles. The van der Waals surface area contributed by atoms with E-state index < -0.39 is 0 Å². The molecule has 2 heterocycles. The minimum Gasteiger partial charge on any atom is -0.318 e. The molecule has 0 aromatic heterocycles. The van der Waals surface area contributed by atoms with E-state index >= 15 is 0 Å². The van der Waals surface area contributed by atoms with Crippen LogP contribution in [0.3, 0.4) is 0 Å². The lowest BCUT2D eigenvalue weighted by atomic mass is 9.99. The molecule has 0 spiro atoms. The molecule has 1 fully saturated rings. The van der Waals surface area contributed by atoms with Crippen LogP contribution in [0.5, 0.6) is 0 Å². The van der Waals surface area contributed by atoms with Gasteiger partial charge >= 0.3 is 5.97 Å².